The van der Waals surface area contributed by atoms with Gasteiger partial charge in [-0.05, 0) is 95.6 Å². The molecular formula is C42H72O3. The van der Waals surface area contributed by atoms with Crippen LogP contribution in [0.4, 0.5) is 0 Å². The summed E-state index contributed by atoms with van der Waals surface area (Å²) in [6.07, 6.45) is 52.3. The number of rotatable bonds is 31. The lowest BCUT2D eigenvalue weighted by atomic mass is 9.98. The van der Waals surface area contributed by atoms with Crippen LogP contribution in [0.2, 0.25) is 0 Å². The second-order valence-corrected chi connectivity index (χ2v) is 12.9. The van der Waals surface area contributed by atoms with Crippen LogP contribution in [0.5, 0.6) is 0 Å². The smallest absolute Gasteiger partial charge is 0.168 e. The van der Waals surface area contributed by atoms with Gasteiger partial charge in [0.15, 0.2) is 5.79 Å². The van der Waals surface area contributed by atoms with Gasteiger partial charge in [-0.2, -0.15) is 0 Å². The molecule has 1 heterocycles. The van der Waals surface area contributed by atoms with Gasteiger partial charge in [0.25, 0.3) is 0 Å². The Morgan fingerprint density at radius 1 is 0.600 bits per heavy atom. The first-order chi connectivity index (χ1) is 22.3. The topological polar surface area (TPSA) is 38.7 Å². The van der Waals surface area contributed by atoms with Crippen molar-refractivity contribution in [1.82, 2.24) is 0 Å². The number of unbranched alkanes of at least 4 members (excludes halogenated alkanes) is 15. The van der Waals surface area contributed by atoms with Crippen molar-refractivity contribution in [3.05, 3.63) is 66.5 Å². The van der Waals surface area contributed by atoms with Gasteiger partial charge in [-0.3, -0.25) is 0 Å². The molecule has 0 aromatic heterocycles. The molecule has 1 rings (SSSR count). The van der Waals surface area contributed by atoms with Crippen molar-refractivity contribution in [1.29, 1.82) is 0 Å². The van der Waals surface area contributed by atoms with Gasteiger partial charge in [0, 0.05) is 19.4 Å². The van der Waals surface area contributed by atoms with E-state index in [1.807, 2.05) is 0 Å². The summed E-state index contributed by atoms with van der Waals surface area (Å²) in [6, 6.07) is 0. The first-order valence-electron chi connectivity index (χ1n) is 19.2. The fraction of sp³-hybridized carbons (Fsp3) is 0.738. The van der Waals surface area contributed by atoms with Crippen molar-refractivity contribution in [3.8, 4) is 0 Å². The van der Waals surface area contributed by atoms with Crippen LogP contribution in [-0.2, 0) is 9.47 Å². The van der Waals surface area contributed by atoms with E-state index in [-0.39, 0.29) is 12.7 Å². The fourth-order valence-electron chi connectivity index (χ4n) is 5.86. The highest BCUT2D eigenvalue weighted by molar-refractivity contribution is 4.97. The Morgan fingerprint density at radius 2 is 1.13 bits per heavy atom. The Bertz CT molecular complexity index is 816. The van der Waals surface area contributed by atoms with Gasteiger partial charge in [0.2, 0.25) is 0 Å². The van der Waals surface area contributed by atoms with E-state index in [0.29, 0.717) is 13.0 Å². The molecule has 0 aliphatic carbocycles. The van der Waals surface area contributed by atoms with Crippen molar-refractivity contribution in [2.24, 2.45) is 0 Å². The Labute approximate surface area is 280 Å². The summed E-state index contributed by atoms with van der Waals surface area (Å²) in [5, 5.41) is 9.40. The molecule has 2 atom stereocenters. The van der Waals surface area contributed by atoms with Crippen LogP contribution in [0.1, 0.15) is 174 Å². The molecule has 0 aromatic carbocycles. The van der Waals surface area contributed by atoms with Gasteiger partial charge < -0.3 is 14.6 Å². The molecular weight excluding hydrogens is 552 g/mol. The summed E-state index contributed by atoms with van der Waals surface area (Å²) in [5.41, 5.74) is 3.35. The van der Waals surface area contributed by atoms with Gasteiger partial charge >= 0.3 is 0 Å². The molecule has 1 N–H and O–H groups in total. The molecule has 1 saturated heterocycles. The zero-order valence-electron chi connectivity index (χ0n) is 29.7. The third-order valence-electron chi connectivity index (χ3n) is 8.61. The predicted molar refractivity (Wildman–Crippen MR) is 197 cm³/mol. The summed E-state index contributed by atoms with van der Waals surface area (Å²) < 4.78 is 12.7. The second-order valence-electron chi connectivity index (χ2n) is 12.9. The van der Waals surface area contributed by atoms with Gasteiger partial charge in [0.1, 0.15) is 0 Å². The molecule has 2 unspecified atom stereocenters. The summed E-state index contributed by atoms with van der Waals surface area (Å²) in [7, 11) is 0. The van der Waals surface area contributed by atoms with Crippen LogP contribution in [0.15, 0.2) is 66.5 Å². The van der Waals surface area contributed by atoms with E-state index in [1.165, 1.54) is 109 Å². The highest BCUT2D eigenvalue weighted by atomic mass is 16.7. The highest BCUT2D eigenvalue weighted by Crippen LogP contribution is 2.35. The standard InChI is InChI=1S/C42H72O3/c1-3-5-7-9-11-13-15-17-19-21-23-25-27-29-31-33-35-38-42(44-40-41(45-42)36-39-43)37-34-32-30-28-26-24-22-20-18-16-14-12-10-8-6-4-2/h6,8,11-14,17-18,20-21,41,43H,3-5,7,9-10,15-16,22-40H2,1-2H3. The number of ether oxygens (including phenoxy) is 2. The molecule has 3 nitrogen and oxygen atoms in total. The van der Waals surface area contributed by atoms with Gasteiger partial charge in [0.05, 0.1) is 12.7 Å². The van der Waals surface area contributed by atoms with Crippen LogP contribution in [0, 0.1) is 0 Å². The summed E-state index contributed by atoms with van der Waals surface area (Å²) in [6.45, 7) is 5.24. The van der Waals surface area contributed by atoms with Crippen molar-refractivity contribution < 1.29 is 14.6 Å². The Morgan fingerprint density at radius 3 is 1.76 bits per heavy atom. The molecule has 45 heavy (non-hydrogen) atoms. The number of aliphatic hydroxyl groups excluding tert-OH is 1. The van der Waals surface area contributed by atoms with E-state index < -0.39 is 5.79 Å². The van der Waals surface area contributed by atoms with Crippen LogP contribution in [-0.4, -0.2) is 30.2 Å². The van der Waals surface area contributed by atoms with Crippen molar-refractivity contribution >= 4 is 0 Å². The van der Waals surface area contributed by atoms with E-state index in [4.69, 9.17) is 9.47 Å². The summed E-state index contributed by atoms with van der Waals surface area (Å²) in [5.74, 6) is -0.410. The largest absolute Gasteiger partial charge is 0.396 e. The second kappa shape index (κ2) is 32.3. The van der Waals surface area contributed by atoms with E-state index in [1.54, 1.807) is 0 Å². The minimum absolute atomic E-state index is 0.0559. The van der Waals surface area contributed by atoms with Crippen molar-refractivity contribution in [3.63, 3.8) is 0 Å². The lowest BCUT2D eigenvalue weighted by Crippen LogP contribution is -2.31. The monoisotopic (exact) mass is 625 g/mol. The number of aliphatic hydroxyl groups is 1. The molecule has 1 fully saturated rings. The van der Waals surface area contributed by atoms with E-state index >= 15 is 0 Å². The molecule has 0 radical (unpaired) electrons. The van der Waals surface area contributed by atoms with Gasteiger partial charge in [-0.1, -0.05) is 127 Å². The predicted octanol–water partition coefficient (Wildman–Crippen LogP) is 12.8. The first-order valence-corrected chi connectivity index (χ1v) is 19.2. The Kier molecular flexibility index (Phi) is 29.7. The lowest BCUT2D eigenvalue weighted by Gasteiger charge is -2.28. The maximum atomic E-state index is 9.40. The Hall–Kier alpha value is -1.64. The average molecular weight is 625 g/mol. The number of allylic oxidation sites excluding steroid dienone is 9. The van der Waals surface area contributed by atoms with E-state index in [2.05, 4.69) is 80.3 Å². The quantitative estimate of drug-likeness (QED) is 0.0474. The zero-order valence-corrected chi connectivity index (χ0v) is 29.7. The molecule has 1 aliphatic heterocycles. The van der Waals surface area contributed by atoms with Crippen molar-refractivity contribution in [2.45, 2.75) is 186 Å². The molecule has 258 valence electrons. The molecule has 0 spiro atoms. The maximum absolute atomic E-state index is 9.40. The number of hydrogen-bond acceptors (Lipinski definition) is 3. The van der Waals surface area contributed by atoms with Crippen LogP contribution < -0.4 is 0 Å². The van der Waals surface area contributed by atoms with Crippen LogP contribution in [0.25, 0.3) is 0 Å². The van der Waals surface area contributed by atoms with Gasteiger partial charge in [-0.25, -0.2) is 0 Å². The maximum Gasteiger partial charge on any atom is 0.168 e. The third-order valence-corrected chi connectivity index (χ3v) is 8.61. The fourth-order valence-corrected chi connectivity index (χ4v) is 5.86. The summed E-state index contributed by atoms with van der Waals surface area (Å²) >= 11 is 0. The minimum Gasteiger partial charge on any atom is -0.396 e. The van der Waals surface area contributed by atoms with Gasteiger partial charge in [-0.15, -0.1) is 5.73 Å². The molecule has 0 bridgehead atoms. The molecule has 1 aliphatic rings. The molecule has 0 aromatic rings. The Balaban J connectivity index is 2.11. The SMILES string of the molecule is CCC=CCC=CCC=CCCCCCCCCC1(CCCCCCCCC=C=CCC=CCCCCC)OCC(CCO)O1. The van der Waals surface area contributed by atoms with E-state index in [0.717, 1.165) is 44.9 Å². The van der Waals surface area contributed by atoms with E-state index in [9.17, 15) is 5.11 Å². The zero-order chi connectivity index (χ0) is 32.4. The van der Waals surface area contributed by atoms with Crippen LogP contribution >= 0.6 is 0 Å². The van der Waals surface area contributed by atoms with Crippen LogP contribution in [0.3, 0.4) is 0 Å². The molecule has 3 heteroatoms. The summed E-state index contributed by atoms with van der Waals surface area (Å²) in [4.78, 5) is 0. The first kappa shape index (κ1) is 41.4. The third kappa shape index (κ3) is 26.2. The normalized spacial score (nSPS) is 18.7. The lowest BCUT2D eigenvalue weighted by molar-refractivity contribution is -0.180. The highest BCUT2D eigenvalue weighted by Gasteiger charge is 2.40. The minimum atomic E-state index is -0.410. The average Bonchev–Trinajstić information content (AvgIpc) is 3.45. The molecule has 0 amide bonds. The number of hydrogen-bond donors (Lipinski definition) is 1. The molecule has 0 saturated carbocycles. The van der Waals surface area contributed by atoms with Crippen molar-refractivity contribution in [2.75, 3.05) is 13.2 Å².